The number of thiazole rings is 1. The number of rotatable bonds is 9. The van der Waals surface area contributed by atoms with Crippen LogP contribution in [0.1, 0.15) is 43.5 Å². The summed E-state index contributed by atoms with van der Waals surface area (Å²) in [4.78, 5) is 35.7. The topological polar surface area (TPSA) is 73.1 Å². The lowest BCUT2D eigenvalue weighted by Gasteiger charge is -2.30. The van der Waals surface area contributed by atoms with Crippen molar-refractivity contribution < 1.29 is 14.3 Å². The van der Waals surface area contributed by atoms with E-state index in [2.05, 4.69) is 15.9 Å². The highest BCUT2D eigenvalue weighted by atomic mass is 79.9. The van der Waals surface area contributed by atoms with Gasteiger partial charge in [-0.05, 0) is 89.4 Å². The summed E-state index contributed by atoms with van der Waals surface area (Å²) in [5, 5.41) is 2.96. The molecular weight excluding hydrogens is 733 g/mol. The molecule has 1 atom stereocenters. The Hall–Kier alpha value is -3.89. The number of nitrogens with zero attached hydrogens (tertiary/aromatic N) is 3. The molecule has 1 amide bonds. The molecule has 6 rings (SSSR count). The second-order valence-electron chi connectivity index (χ2n) is 11.2. The van der Waals surface area contributed by atoms with Crippen LogP contribution in [-0.4, -0.2) is 35.6 Å². The van der Waals surface area contributed by atoms with Gasteiger partial charge in [0.15, 0.2) is 4.80 Å². The number of halogens is 3. The van der Waals surface area contributed by atoms with Gasteiger partial charge in [0, 0.05) is 34.3 Å². The van der Waals surface area contributed by atoms with Crippen molar-refractivity contribution in [3.05, 3.63) is 135 Å². The third kappa shape index (κ3) is 6.44. The zero-order valence-corrected chi connectivity index (χ0v) is 30.6. The predicted octanol–water partition coefficient (Wildman–Crippen LogP) is 7.91. The van der Waals surface area contributed by atoms with Crippen molar-refractivity contribution in [2.24, 2.45) is 4.99 Å². The molecule has 0 saturated carbocycles. The van der Waals surface area contributed by atoms with E-state index >= 15 is 0 Å². The first-order chi connectivity index (χ1) is 23.1. The van der Waals surface area contributed by atoms with Crippen LogP contribution in [0.4, 0.5) is 0 Å². The molecule has 2 heterocycles. The molecule has 0 N–H and O–H groups in total. The van der Waals surface area contributed by atoms with Gasteiger partial charge in [-0.15, -0.1) is 0 Å². The zero-order valence-electron chi connectivity index (χ0n) is 26.7. The molecule has 0 saturated heterocycles. The number of benzene rings is 4. The Balaban J connectivity index is 1.46. The SMILES string of the molecule is CCN(CC)C(=O)C1=C(C)N=c2s/c(=C/c3ccc(OCc4ccc(Cl)cc4Cl)c(Br)c3)c(=O)n2[C@@H]1c1c(OC)ccc2ccccc12. The summed E-state index contributed by atoms with van der Waals surface area (Å²) in [6.45, 7) is 7.04. The number of allylic oxidation sites excluding steroid dienone is 1. The quantitative estimate of drug-likeness (QED) is 0.153. The Labute approximate surface area is 300 Å². The maximum atomic E-state index is 14.4. The summed E-state index contributed by atoms with van der Waals surface area (Å²) in [7, 11) is 1.61. The largest absolute Gasteiger partial charge is 0.496 e. The third-order valence-corrected chi connectivity index (χ3v) is 10.6. The van der Waals surface area contributed by atoms with Crippen LogP contribution in [0.5, 0.6) is 11.5 Å². The van der Waals surface area contributed by atoms with Gasteiger partial charge in [0.05, 0.1) is 27.4 Å². The van der Waals surface area contributed by atoms with E-state index in [1.165, 1.54) is 11.3 Å². The minimum absolute atomic E-state index is 0.157. The van der Waals surface area contributed by atoms with Crippen LogP contribution in [0.3, 0.4) is 0 Å². The fraction of sp³-hybridized carbons (Fsp3) is 0.216. The lowest BCUT2D eigenvalue weighted by atomic mass is 9.90. The minimum Gasteiger partial charge on any atom is -0.496 e. The molecule has 1 aromatic heterocycles. The lowest BCUT2D eigenvalue weighted by Crippen LogP contribution is -2.43. The molecule has 1 aliphatic heterocycles. The van der Waals surface area contributed by atoms with Gasteiger partial charge in [0.2, 0.25) is 0 Å². The molecule has 1 aliphatic rings. The Morgan fingerprint density at radius 2 is 1.79 bits per heavy atom. The Kier molecular flexibility index (Phi) is 10.1. The molecular formula is C37H32BrCl2N3O4S. The Morgan fingerprint density at radius 1 is 1.04 bits per heavy atom. The standard InChI is InChI=1S/C37H32BrCl2N3O4S/c1-5-42(6-2)36(45)32-21(3)41-37-43(34(32)33-26-10-8-7-9-23(26)13-16-30(33)46-4)35(44)31(48-37)18-22-11-15-29(27(38)17-22)47-20-24-12-14-25(39)19-28(24)40/h7-19,34H,5-6,20H2,1-4H3/b31-18+/t34-/m0/s1. The number of aromatic nitrogens is 1. The molecule has 0 spiro atoms. The number of fused-ring (bicyclic) bond motifs is 2. The summed E-state index contributed by atoms with van der Waals surface area (Å²) in [6.07, 6.45) is 1.83. The van der Waals surface area contributed by atoms with E-state index < -0.39 is 6.04 Å². The van der Waals surface area contributed by atoms with Crippen molar-refractivity contribution in [1.29, 1.82) is 0 Å². The number of ether oxygens (including phenoxy) is 2. The number of likely N-dealkylation sites (N-methyl/N-ethyl adjacent to an activating group) is 1. The van der Waals surface area contributed by atoms with Gasteiger partial charge in [-0.3, -0.25) is 14.2 Å². The monoisotopic (exact) mass is 763 g/mol. The smallest absolute Gasteiger partial charge is 0.271 e. The number of hydrogen-bond donors (Lipinski definition) is 0. The zero-order chi connectivity index (χ0) is 34.1. The average Bonchev–Trinajstić information content (AvgIpc) is 3.37. The highest BCUT2D eigenvalue weighted by Crippen LogP contribution is 2.40. The summed E-state index contributed by atoms with van der Waals surface area (Å²) in [5.74, 6) is 1.06. The first kappa shape index (κ1) is 34.0. The fourth-order valence-corrected chi connectivity index (χ4v) is 7.98. The molecule has 11 heteroatoms. The van der Waals surface area contributed by atoms with Gasteiger partial charge in [-0.25, -0.2) is 4.99 Å². The van der Waals surface area contributed by atoms with Gasteiger partial charge in [-0.1, -0.05) is 77.0 Å². The summed E-state index contributed by atoms with van der Waals surface area (Å²) in [5.41, 5.74) is 3.13. The van der Waals surface area contributed by atoms with Crippen molar-refractivity contribution >= 4 is 73.2 Å². The van der Waals surface area contributed by atoms with E-state index in [1.54, 1.807) is 28.7 Å². The molecule has 0 unspecified atom stereocenters. The van der Waals surface area contributed by atoms with Crippen LogP contribution in [-0.2, 0) is 11.4 Å². The van der Waals surface area contributed by atoms with Gasteiger partial charge >= 0.3 is 0 Å². The lowest BCUT2D eigenvalue weighted by molar-refractivity contribution is -0.127. The maximum Gasteiger partial charge on any atom is 0.271 e. The van der Waals surface area contributed by atoms with Gasteiger partial charge in [0.1, 0.15) is 24.1 Å². The first-order valence-corrected chi connectivity index (χ1v) is 17.7. The van der Waals surface area contributed by atoms with E-state index in [1.807, 2.05) is 87.5 Å². The number of carbonyl (C=O) groups excluding carboxylic acids is 1. The molecule has 0 fully saturated rings. The number of amides is 1. The van der Waals surface area contributed by atoms with Crippen LogP contribution < -0.4 is 24.4 Å². The summed E-state index contributed by atoms with van der Waals surface area (Å²) in [6, 6.07) is 22.0. The van der Waals surface area contributed by atoms with E-state index in [0.29, 0.717) is 55.2 Å². The molecule has 0 radical (unpaired) electrons. The van der Waals surface area contributed by atoms with E-state index in [9.17, 15) is 9.59 Å². The van der Waals surface area contributed by atoms with E-state index in [-0.39, 0.29) is 18.1 Å². The second kappa shape index (κ2) is 14.3. The van der Waals surface area contributed by atoms with Crippen LogP contribution in [0.25, 0.3) is 16.8 Å². The van der Waals surface area contributed by atoms with Crippen molar-refractivity contribution in [3.63, 3.8) is 0 Å². The minimum atomic E-state index is -0.750. The second-order valence-corrected chi connectivity index (χ2v) is 13.9. The van der Waals surface area contributed by atoms with Crippen LogP contribution in [0.2, 0.25) is 10.0 Å². The molecule has 0 aliphatic carbocycles. The maximum absolute atomic E-state index is 14.4. The normalized spacial score (nSPS) is 14.6. The Bertz CT molecular complexity index is 2280. The highest BCUT2D eigenvalue weighted by molar-refractivity contribution is 9.10. The van der Waals surface area contributed by atoms with E-state index in [0.717, 1.165) is 31.9 Å². The fourth-order valence-electron chi connectivity index (χ4n) is 5.95. The average molecular weight is 766 g/mol. The molecule has 5 aromatic rings. The van der Waals surface area contributed by atoms with Crippen LogP contribution in [0, 0.1) is 0 Å². The molecule has 4 aromatic carbocycles. The van der Waals surface area contributed by atoms with E-state index in [4.69, 9.17) is 37.7 Å². The summed E-state index contributed by atoms with van der Waals surface area (Å²) < 4.78 is 14.8. The van der Waals surface area contributed by atoms with Crippen molar-refractivity contribution in [3.8, 4) is 11.5 Å². The van der Waals surface area contributed by atoms with Gasteiger partial charge in [0.25, 0.3) is 11.5 Å². The number of methoxy groups -OCH3 is 1. The van der Waals surface area contributed by atoms with Gasteiger partial charge in [-0.2, -0.15) is 0 Å². The van der Waals surface area contributed by atoms with Crippen molar-refractivity contribution in [2.45, 2.75) is 33.4 Å². The van der Waals surface area contributed by atoms with Crippen LogP contribution >= 0.6 is 50.5 Å². The molecule has 48 heavy (non-hydrogen) atoms. The Morgan fingerprint density at radius 3 is 2.50 bits per heavy atom. The van der Waals surface area contributed by atoms with Crippen LogP contribution in [0.15, 0.2) is 98.3 Å². The van der Waals surface area contributed by atoms with Crippen molar-refractivity contribution in [1.82, 2.24) is 9.47 Å². The van der Waals surface area contributed by atoms with Gasteiger partial charge < -0.3 is 14.4 Å². The third-order valence-electron chi connectivity index (χ3n) is 8.38. The molecule has 246 valence electrons. The first-order valence-electron chi connectivity index (χ1n) is 15.4. The molecule has 0 bridgehead atoms. The summed E-state index contributed by atoms with van der Waals surface area (Å²) >= 11 is 17.3. The van der Waals surface area contributed by atoms with Crippen molar-refractivity contribution in [2.75, 3.05) is 20.2 Å². The number of carbonyl (C=O) groups is 1. The number of hydrogen-bond acceptors (Lipinski definition) is 6. The molecule has 7 nitrogen and oxygen atoms in total. The predicted molar refractivity (Wildman–Crippen MR) is 197 cm³/mol. The highest BCUT2D eigenvalue weighted by Gasteiger charge is 2.36.